The van der Waals surface area contributed by atoms with E-state index in [0.29, 0.717) is 12.5 Å². The molecule has 1 saturated heterocycles. The fourth-order valence-electron chi connectivity index (χ4n) is 2.90. The largest absolute Gasteiger partial charge is 0.357 e. The molecule has 2 heterocycles. The summed E-state index contributed by atoms with van der Waals surface area (Å²) in [5.74, 6) is 1.45. The van der Waals surface area contributed by atoms with Gasteiger partial charge in [-0.1, -0.05) is 18.2 Å². The zero-order valence-electron chi connectivity index (χ0n) is 15.1. The third kappa shape index (κ3) is 4.59. The van der Waals surface area contributed by atoms with Crippen LogP contribution in [-0.2, 0) is 11.3 Å². The van der Waals surface area contributed by atoms with Gasteiger partial charge in [-0.3, -0.25) is 9.36 Å². The van der Waals surface area contributed by atoms with Crippen LogP contribution in [-0.4, -0.2) is 57.7 Å². The molecule has 0 bridgehead atoms. The molecule has 0 radical (unpaired) electrons. The monoisotopic (exact) mass is 355 g/mol. The number of amides is 1. The molecule has 8 nitrogen and oxygen atoms in total. The van der Waals surface area contributed by atoms with Crippen LogP contribution in [0.15, 0.2) is 41.7 Å². The number of aliphatic imine (C=N–C) groups is 1. The summed E-state index contributed by atoms with van der Waals surface area (Å²) in [7, 11) is 0. The number of guanidine groups is 1. The van der Waals surface area contributed by atoms with Crippen molar-refractivity contribution >= 4 is 11.9 Å². The van der Waals surface area contributed by atoms with Crippen molar-refractivity contribution in [1.29, 1.82) is 0 Å². The maximum absolute atomic E-state index is 12.2. The molecule has 26 heavy (non-hydrogen) atoms. The van der Waals surface area contributed by atoms with Crippen LogP contribution in [0.5, 0.6) is 0 Å². The molecule has 0 unspecified atom stereocenters. The summed E-state index contributed by atoms with van der Waals surface area (Å²) in [6, 6.07) is 9.90. The van der Waals surface area contributed by atoms with E-state index in [1.807, 2.05) is 46.7 Å². The van der Waals surface area contributed by atoms with E-state index >= 15 is 0 Å². The molecule has 8 heteroatoms. The Labute approximate surface area is 153 Å². The lowest BCUT2D eigenvalue weighted by Gasteiger charge is -2.17. The summed E-state index contributed by atoms with van der Waals surface area (Å²) in [6.07, 6.45) is 3.86. The van der Waals surface area contributed by atoms with E-state index in [4.69, 9.17) is 0 Å². The number of carbonyl (C=O) groups excluding carboxylic acids is 1. The van der Waals surface area contributed by atoms with Crippen LogP contribution in [0.3, 0.4) is 0 Å². The average molecular weight is 355 g/mol. The summed E-state index contributed by atoms with van der Waals surface area (Å²) in [5.41, 5.74) is 0.991. The van der Waals surface area contributed by atoms with Gasteiger partial charge in [0, 0.05) is 25.3 Å². The predicted octanol–water partition coefficient (Wildman–Crippen LogP) is 0.945. The molecule has 138 valence electrons. The molecule has 1 aromatic heterocycles. The quantitative estimate of drug-likeness (QED) is 0.595. The van der Waals surface area contributed by atoms with Crippen LogP contribution < -0.4 is 10.6 Å². The van der Waals surface area contributed by atoms with Gasteiger partial charge in [-0.15, -0.1) is 10.2 Å². The Morgan fingerprint density at radius 3 is 2.69 bits per heavy atom. The van der Waals surface area contributed by atoms with Crippen molar-refractivity contribution in [2.75, 3.05) is 26.2 Å². The van der Waals surface area contributed by atoms with Gasteiger partial charge in [0.1, 0.15) is 12.9 Å². The summed E-state index contributed by atoms with van der Waals surface area (Å²) >= 11 is 0. The van der Waals surface area contributed by atoms with E-state index in [-0.39, 0.29) is 12.5 Å². The number of para-hydroxylation sites is 1. The van der Waals surface area contributed by atoms with Gasteiger partial charge in [0.15, 0.2) is 11.8 Å². The van der Waals surface area contributed by atoms with Crippen molar-refractivity contribution in [3.8, 4) is 5.69 Å². The van der Waals surface area contributed by atoms with Crippen LogP contribution in [0.4, 0.5) is 0 Å². The lowest BCUT2D eigenvalue weighted by Crippen LogP contribution is -2.44. The van der Waals surface area contributed by atoms with Gasteiger partial charge in [-0.2, -0.15) is 0 Å². The maximum atomic E-state index is 12.2. The second kappa shape index (κ2) is 8.98. The normalized spacial score (nSPS) is 14.5. The van der Waals surface area contributed by atoms with Gasteiger partial charge in [-0.05, 0) is 31.9 Å². The highest BCUT2D eigenvalue weighted by molar-refractivity contribution is 5.86. The van der Waals surface area contributed by atoms with E-state index in [9.17, 15) is 4.79 Å². The van der Waals surface area contributed by atoms with Gasteiger partial charge in [0.25, 0.3) is 0 Å². The Hall–Kier alpha value is -2.90. The van der Waals surface area contributed by atoms with Crippen LogP contribution in [0.1, 0.15) is 25.6 Å². The molecule has 1 aliphatic heterocycles. The molecule has 1 aromatic carbocycles. The minimum Gasteiger partial charge on any atom is -0.357 e. The van der Waals surface area contributed by atoms with Crippen LogP contribution >= 0.6 is 0 Å². The first-order valence-electron chi connectivity index (χ1n) is 9.02. The van der Waals surface area contributed by atoms with Gasteiger partial charge in [0.05, 0.1) is 6.54 Å². The highest BCUT2D eigenvalue weighted by atomic mass is 16.2. The second-order valence-electron chi connectivity index (χ2n) is 6.09. The van der Waals surface area contributed by atoms with Gasteiger partial charge in [-0.25, -0.2) is 4.99 Å². The highest BCUT2D eigenvalue weighted by Gasteiger charge is 2.17. The molecular formula is C18H25N7O. The lowest BCUT2D eigenvalue weighted by atomic mass is 10.3. The molecule has 1 aliphatic rings. The molecule has 0 spiro atoms. The Morgan fingerprint density at radius 1 is 1.19 bits per heavy atom. The first-order chi connectivity index (χ1) is 12.8. The van der Waals surface area contributed by atoms with Crippen LogP contribution in [0.2, 0.25) is 0 Å². The lowest BCUT2D eigenvalue weighted by molar-refractivity contribution is -0.128. The van der Waals surface area contributed by atoms with Crippen molar-refractivity contribution in [3.63, 3.8) is 0 Å². The number of hydrogen-bond acceptors (Lipinski definition) is 4. The third-order valence-electron chi connectivity index (χ3n) is 4.24. The summed E-state index contributed by atoms with van der Waals surface area (Å²) in [4.78, 5) is 18.6. The minimum absolute atomic E-state index is 0.112. The number of aromatic nitrogens is 3. The second-order valence-corrected chi connectivity index (χ2v) is 6.09. The number of nitrogens with zero attached hydrogens (tertiary/aromatic N) is 5. The average Bonchev–Trinajstić information content (AvgIpc) is 3.36. The molecule has 3 rings (SSSR count). The molecule has 0 aliphatic carbocycles. The van der Waals surface area contributed by atoms with E-state index in [1.165, 1.54) is 0 Å². The smallest absolute Gasteiger partial charge is 0.241 e. The third-order valence-corrected chi connectivity index (χ3v) is 4.24. The van der Waals surface area contributed by atoms with E-state index in [0.717, 1.165) is 44.0 Å². The van der Waals surface area contributed by atoms with Crippen LogP contribution in [0, 0.1) is 0 Å². The SMILES string of the molecule is CCNC(=NCc1nncn1-c1ccccc1)NCC(=O)N1CCCC1. The first-order valence-corrected chi connectivity index (χ1v) is 9.02. The Balaban J connectivity index is 1.62. The van der Waals surface area contributed by atoms with Crippen molar-refractivity contribution in [2.45, 2.75) is 26.3 Å². The summed E-state index contributed by atoms with van der Waals surface area (Å²) in [6.45, 7) is 5.03. The molecule has 0 atom stereocenters. The molecule has 1 amide bonds. The topological polar surface area (TPSA) is 87.4 Å². The zero-order chi connectivity index (χ0) is 18.2. The van der Waals surface area contributed by atoms with Gasteiger partial charge < -0.3 is 15.5 Å². The Bertz CT molecular complexity index is 735. The molecule has 2 N–H and O–H groups in total. The van der Waals surface area contributed by atoms with Crippen molar-refractivity contribution < 1.29 is 4.79 Å². The maximum Gasteiger partial charge on any atom is 0.241 e. The van der Waals surface area contributed by atoms with Gasteiger partial charge in [0.2, 0.25) is 5.91 Å². The fourth-order valence-corrected chi connectivity index (χ4v) is 2.90. The number of benzene rings is 1. The minimum atomic E-state index is 0.112. The van der Waals surface area contributed by atoms with E-state index in [2.05, 4.69) is 25.8 Å². The summed E-state index contributed by atoms with van der Waals surface area (Å²) < 4.78 is 1.91. The number of hydrogen-bond donors (Lipinski definition) is 2. The summed E-state index contributed by atoms with van der Waals surface area (Å²) in [5, 5.41) is 14.4. The molecule has 1 fully saturated rings. The number of nitrogens with one attached hydrogen (secondary N) is 2. The van der Waals surface area contributed by atoms with Crippen molar-refractivity contribution in [2.24, 2.45) is 4.99 Å². The first kappa shape index (κ1) is 17.9. The molecular weight excluding hydrogens is 330 g/mol. The molecule has 0 saturated carbocycles. The number of carbonyl (C=O) groups is 1. The van der Waals surface area contributed by atoms with E-state index in [1.54, 1.807) is 6.33 Å². The molecule has 2 aromatic rings. The van der Waals surface area contributed by atoms with Crippen molar-refractivity contribution in [1.82, 2.24) is 30.3 Å². The van der Waals surface area contributed by atoms with Crippen molar-refractivity contribution in [3.05, 3.63) is 42.5 Å². The Morgan fingerprint density at radius 2 is 1.96 bits per heavy atom. The van der Waals surface area contributed by atoms with Crippen LogP contribution in [0.25, 0.3) is 5.69 Å². The fraction of sp³-hybridized carbons (Fsp3) is 0.444. The number of rotatable bonds is 6. The highest BCUT2D eigenvalue weighted by Crippen LogP contribution is 2.09. The van der Waals surface area contributed by atoms with Gasteiger partial charge >= 0.3 is 0 Å². The Kier molecular flexibility index (Phi) is 6.19. The predicted molar refractivity (Wildman–Crippen MR) is 100.0 cm³/mol. The standard InChI is InChI=1S/C18H25N7O/c1-2-19-18(21-13-17(26)24-10-6-7-11-24)20-12-16-23-22-14-25(16)15-8-4-3-5-9-15/h3-5,8-9,14H,2,6-7,10-13H2,1H3,(H2,19,20,21). The zero-order valence-corrected chi connectivity index (χ0v) is 15.1. The number of likely N-dealkylation sites (tertiary alicyclic amines) is 1. The van der Waals surface area contributed by atoms with E-state index < -0.39 is 0 Å².